The maximum atomic E-state index is 13.5. The fourth-order valence-electron chi connectivity index (χ4n) is 4.39. The average molecular weight is 509 g/mol. The molecular formula is C28H32N2O7. The Morgan fingerprint density at radius 3 is 2.30 bits per heavy atom. The van der Waals surface area contributed by atoms with Gasteiger partial charge in [-0.15, -0.1) is 0 Å². The molecule has 0 radical (unpaired) electrons. The predicted octanol–water partition coefficient (Wildman–Crippen LogP) is 5.98. The van der Waals surface area contributed by atoms with E-state index < -0.39 is 22.6 Å². The van der Waals surface area contributed by atoms with Crippen molar-refractivity contribution in [3.8, 4) is 11.1 Å². The number of nitro groups is 1. The molecule has 0 N–H and O–H groups in total. The summed E-state index contributed by atoms with van der Waals surface area (Å²) in [6.45, 7) is 7.88. The first-order valence-electron chi connectivity index (χ1n) is 12.6. The molecule has 0 heterocycles. The molecule has 3 rings (SSSR count). The lowest BCUT2D eigenvalue weighted by atomic mass is 9.92. The van der Waals surface area contributed by atoms with Crippen molar-refractivity contribution in [3.05, 3.63) is 63.2 Å². The highest BCUT2D eigenvalue weighted by Gasteiger charge is 2.30. The molecule has 0 aromatic heterocycles. The highest BCUT2D eigenvalue weighted by atomic mass is 16.7. The first-order valence-corrected chi connectivity index (χ1v) is 12.6. The van der Waals surface area contributed by atoms with E-state index in [1.165, 1.54) is 6.07 Å². The number of carbonyl (C=O) groups is 3. The Kier molecular flexibility index (Phi) is 9.27. The molecule has 1 aliphatic rings. The van der Waals surface area contributed by atoms with Gasteiger partial charge in [-0.25, -0.2) is 4.79 Å². The summed E-state index contributed by atoms with van der Waals surface area (Å²) in [7, 11) is 0. The Morgan fingerprint density at radius 2 is 1.68 bits per heavy atom. The molecule has 37 heavy (non-hydrogen) atoms. The van der Waals surface area contributed by atoms with Crippen LogP contribution in [0.2, 0.25) is 0 Å². The number of carbonyl (C=O) groups excluding carboxylic acids is 3. The third-order valence-electron chi connectivity index (χ3n) is 6.14. The number of ketones is 1. The topological polar surface area (TPSA) is 125 Å². The van der Waals surface area contributed by atoms with Crippen molar-refractivity contribution in [2.45, 2.75) is 65.7 Å². The molecule has 0 spiro atoms. The fraction of sp³-hybridized carbons (Fsp3) is 0.429. The molecule has 0 fully saturated rings. The van der Waals surface area contributed by atoms with E-state index in [0.29, 0.717) is 18.4 Å². The Hall–Kier alpha value is -3.88. The third kappa shape index (κ3) is 6.67. The van der Waals surface area contributed by atoms with Gasteiger partial charge >= 0.3 is 11.9 Å². The lowest BCUT2D eigenvalue weighted by Crippen LogP contribution is -2.19. The quantitative estimate of drug-likeness (QED) is 0.0862. The van der Waals surface area contributed by atoms with Gasteiger partial charge in [0, 0.05) is 30.0 Å². The minimum Gasteiger partial charge on any atom is -0.466 e. The van der Waals surface area contributed by atoms with Gasteiger partial charge in [-0.3, -0.25) is 19.7 Å². The standard InChI is InChI=1S/C28H32N2O7/c1-5-13-36-26(31)12-11-25(29-37-27(32)14-17(3)4)28(33)18-7-9-21-22-10-8-19(30(34)35)16-24(22)20(6-2)23(21)15-18/h7-10,15-17,20H,5-6,11-14H2,1-4H3. The van der Waals surface area contributed by atoms with Crippen molar-refractivity contribution in [3.63, 3.8) is 0 Å². The lowest BCUT2D eigenvalue weighted by Gasteiger charge is -2.12. The van der Waals surface area contributed by atoms with Crippen LogP contribution in [0, 0.1) is 16.0 Å². The molecule has 9 nitrogen and oxygen atoms in total. The highest BCUT2D eigenvalue weighted by molar-refractivity contribution is 6.46. The van der Waals surface area contributed by atoms with Crippen LogP contribution in [0.3, 0.4) is 0 Å². The number of non-ortho nitro benzene ring substituents is 1. The third-order valence-corrected chi connectivity index (χ3v) is 6.14. The summed E-state index contributed by atoms with van der Waals surface area (Å²) in [5, 5.41) is 15.1. The summed E-state index contributed by atoms with van der Waals surface area (Å²) in [4.78, 5) is 53.4. The molecule has 196 valence electrons. The van der Waals surface area contributed by atoms with Crippen molar-refractivity contribution in [1.29, 1.82) is 0 Å². The number of ether oxygens (including phenoxy) is 1. The average Bonchev–Trinajstić information content (AvgIpc) is 3.18. The molecule has 9 heteroatoms. The van der Waals surface area contributed by atoms with E-state index in [1.807, 2.05) is 33.8 Å². The van der Waals surface area contributed by atoms with Crippen LogP contribution >= 0.6 is 0 Å². The molecule has 1 atom stereocenters. The summed E-state index contributed by atoms with van der Waals surface area (Å²) in [5.74, 6) is -1.53. The van der Waals surface area contributed by atoms with Crippen molar-refractivity contribution in [2.75, 3.05) is 6.61 Å². The summed E-state index contributed by atoms with van der Waals surface area (Å²) in [6, 6.07) is 10.1. The maximum Gasteiger partial charge on any atom is 0.335 e. The van der Waals surface area contributed by atoms with Crippen LogP contribution in [0.4, 0.5) is 5.69 Å². The number of benzene rings is 2. The van der Waals surface area contributed by atoms with Crippen LogP contribution in [0.5, 0.6) is 0 Å². The second-order valence-electron chi connectivity index (χ2n) is 9.44. The zero-order valence-corrected chi connectivity index (χ0v) is 21.6. The Labute approximate surface area is 216 Å². The van der Waals surface area contributed by atoms with Crippen LogP contribution in [-0.2, 0) is 19.2 Å². The van der Waals surface area contributed by atoms with Crippen LogP contribution < -0.4 is 0 Å². The molecule has 1 unspecified atom stereocenters. The van der Waals surface area contributed by atoms with Gasteiger partial charge < -0.3 is 9.57 Å². The number of hydrogen-bond acceptors (Lipinski definition) is 8. The Bertz CT molecular complexity index is 1230. The molecule has 0 bridgehead atoms. The zero-order valence-electron chi connectivity index (χ0n) is 21.6. The highest BCUT2D eigenvalue weighted by Crippen LogP contribution is 2.47. The zero-order chi connectivity index (χ0) is 27.1. The summed E-state index contributed by atoms with van der Waals surface area (Å²) in [5.41, 5.74) is 3.87. The van der Waals surface area contributed by atoms with Crippen molar-refractivity contribution < 1.29 is 28.9 Å². The van der Waals surface area contributed by atoms with Gasteiger partial charge in [-0.05, 0) is 53.1 Å². The fourth-order valence-corrected chi connectivity index (χ4v) is 4.39. The molecule has 1 aliphatic carbocycles. The SMILES string of the molecule is CCCOC(=O)CCC(=NOC(=O)CC(C)C)C(=O)c1ccc2c(c1)C(CC)c1cc([N+](=O)[O-])ccc1-2. The van der Waals surface area contributed by atoms with E-state index in [2.05, 4.69) is 5.16 Å². The number of oxime groups is 1. The predicted molar refractivity (Wildman–Crippen MR) is 138 cm³/mol. The molecule has 0 saturated heterocycles. The smallest absolute Gasteiger partial charge is 0.335 e. The maximum absolute atomic E-state index is 13.5. The van der Waals surface area contributed by atoms with Crippen molar-refractivity contribution in [1.82, 2.24) is 0 Å². The largest absolute Gasteiger partial charge is 0.466 e. The van der Waals surface area contributed by atoms with Crippen molar-refractivity contribution in [2.24, 2.45) is 11.1 Å². The minimum atomic E-state index is -0.564. The van der Waals surface area contributed by atoms with Crippen LogP contribution in [-0.4, -0.2) is 35.0 Å². The van der Waals surface area contributed by atoms with Gasteiger partial charge in [0.15, 0.2) is 0 Å². The second kappa shape index (κ2) is 12.4. The number of nitrogens with zero attached hydrogens (tertiary/aromatic N) is 2. The van der Waals surface area contributed by atoms with E-state index in [9.17, 15) is 24.5 Å². The lowest BCUT2D eigenvalue weighted by molar-refractivity contribution is -0.384. The van der Waals surface area contributed by atoms with E-state index in [0.717, 1.165) is 22.3 Å². The number of hydrogen-bond donors (Lipinski definition) is 0. The first-order chi connectivity index (χ1) is 17.7. The van der Waals surface area contributed by atoms with Crippen LogP contribution in [0.1, 0.15) is 87.2 Å². The molecular weight excluding hydrogens is 476 g/mol. The first kappa shape index (κ1) is 27.7. The number of Topliss-reactive ketones (excluding diaryl/α,β-unsaturated/α-hetero) is 1. The molecule has 0 amide bonds. The Morgan fingerprint density at radius 1 is 1.00 bits per heavy atom. The van der Waals surface area contributed by atoms with Gasteiger partial charge in [-0.2, -0.15) is 0 Å². The normalized spacial score (nSPS) is 14.2. The van der Waals surface area contributed by atoms with Gasteiger partial charge in [0.25, 0.3) is 5.69 Å². The number of rotatable bonds is 12. The van der Waals surface area contributed by atoms with E-state index in [-0.39, 0.29) is 49.1 Å². The summed E-state index contributed by atoms with van der Waals surface area (Å²) in [6.07, 6.45) is 1.39. The number of fused-ring (bicyclic) bond motifs is 3. The molecule has 2 aromatic carbocycles. The van der Waals surface area contributed by atoms with Gasteiger partial charge in [0.2, 0.25) is 5.78 Å². The van der Waals surface area contributed by atoms with Gasteiger partial charge in [-0.1, -0.05) is 45.0 Å². The van der Waals surface area contributed by atoms with Crippen molar-refractivity contribution >= 4 is 29.1 Å². The summed E-state index contributed by atoms with van der Waals surface area (Å²) < 4.78 is 5.10. The molecule has 0 saturated carbocycles. The number of nitro benzene ring substituents is 1. The monoisotopic (exact) mass is 508 g/mol. The van der Waals surface area contributed by atoms with Crippen LogP contribution in [0.25, 0.3) is 11.1 Å². The van der Waals surface area contributed by atoms with Gasteiger partial charge in [0.05, 0.1) is 24.4 Å². The second-order valence-corrected chi connectivity index (χ2v) is 9.44. The molecule has 2 aromatic rings. The summed E-state index contributed by atoms with van der Waals surface area (Å²) >= 11 is 0. The van der Waals surface area contributed by atoms with E-state index in [1.54, 1.807) is 24.3 Å². The Balaban J connectivity index is 1.90. The minimum absolute atomic E-state index is 0.0221. The number of esters is 1. The van der Waals surface area contributed by atoms with Gasteiger partial charge in [0.1, 0.15) is 5.71 Å². The van der Waals surface area contributed by atoms with E-state index in [4.69, 9.17) is 9.57 Å². The van der Waals surface area contributed by atoms with Crippen LogP contribution in [0.15, 0.2) is 41.6 Å². The molecule has 0 aliphatic heterocycles. The van der Waals surface area contributed by atoms with E-state index >= 15 is 0 Å².